The number of nitrogens with two attached hydrogens (primary N) is 1. The lowest BCUT2D eigenvalue weighted by molar-refractivity contribution is 0.372. The van der Waals surface area contributed by atoms with Crippen molar-refractivity contribution in [3.8, 4) is 0 Å². The Morgan fingerprint density at radius 3 is 2.71 bits per heavy atom. The third-order valence-corrected chi connectivity index (χ3v) is 3.49. The quantitative estimate of drug-likeness (QED) is 0.668. The van der Waals surface area contributed by atoms with Crippen molar-refractivity contribution in [1.29, 1.82) is 0 Å². The zero-order valence-corrected chi connectivity index (χ0v) is 9.76. The van der Waals surface area contributed by atoms with Crippen LogP contribution in [-0.2, 0) is 0 Å². The molecule has 2 unspecified atom stereocenters. The van der Waals surface area contributed by atoms with Gasteiger partial charge in [-0.2, -0.15) is 0 Å². The second-order valence-electron chi connectivity index (χ2n) is 4.63. The average Bonchev–Trinajstić information content (AvgIpc) is 2.21. The zero-order chi connectivity index (χ0) is 10.4. The summed E-state index contributed by atoms with van der Waals surface area (Å²) in [5.41, 5.74) is 7.55. The maximum Gasteiger partial charge on any atom is -0.000893 e. The van der Waals surface area contributed by atoms with Crippen molar-refractivity contribution in [2.75, 3.05) is 6.54 Å². The Bertz CT molecular complexity index is 184. The van der Waals surface area contributed by atoms with Crippen LogP contribution in [0, 0.1) is 11.8 Å². The molecular formula is C13H25N. The van der Waals surface area contributed by atoms with E-state index in [1.807, 2.05) is 0 Å². The molecule has 0 saturated heterocycles. The van der Waals surface area contributed by atoms with E-state index in [0.29, 0.717) is 5.92 Å². The largest absolute Gasteiger partial charge is 0.330 e. The van der Waals surface area contributed by atoms with Crippen molar-refractivity contribution in [3.05, 3.63) is 11.6 Å². The lowest BCUT2D eigenvalue weighted by atomic mass is 9.80. The van der Waals surface area contributed by atoms with E-state index in [2.05, 4.69) is 19.9 Å². The second kappa shape index (κ2) is 6.23. The van der Waals surface area contributed by atoms with Crippen LogP contribution in [0.15, 0.2) is 11.6 Å². The molecule has 0 radical (unpaired) electrons. The van der Waals surface area contributed by atoms with Crippen molar-refractivity contribution < 1.29 is 0 Å². The summed E-state index contributed by atoms with van der Waals surface area (Å²) in [7, 11) is 0. The molecule has 0 saturated carbocycles. The van der Waals surface area contributed by atoms with Gasteiger partial charge in [0.15, 0.2) is 0 Å². The van der Waals surface area contributed by atoms with Crippen LogP contribution in [0.4, 0.5) is 0 Å². The number of rotatable bonds is 5. The van der Waals surface area contributed by atoms with E-state index in [1.54, 1.807) is 5.57 Å². The minimum absolute atomic E-state index is 0.662. The molecule has 1 rings (SSSR count). The molecule has 1 nitrogen and oxygen atoms in total. The van der Waals surface area contributed by atoms with Crippen molar-refractivity contribution in [3.63, 3.8) is 0 Å². The Morgan fingerprint density at radius 1 is 1.43 bits per heavy atom. The highest BCUT2D eigenvalue weighted by molar-refractivity contribution is 5.11. The summed E-state index contributed by atoms with van der Waals surface area (Å²) in [5, 5.41) is 0. The van der Waals surface area contributed by atoms with Crippen LogP contribution in [0.2, 0.25) is 0 Å². The van der Waals surface area contributed by atoms with Gasteiger partial charge in [-0.05, 0) is 44.1 Å². The molecule has 0 spiro atoms. The summed E-state index contributed by atoms with van der Waals surface area (Å²) >= 11 is 0. The molecule has 82 valence electrons. The Hall–Kier alpha value is -0.300. The van der Waals surface area contributed by atoms with Gasteiger partial charge in [-0.3, -0.25) is 0 Å². The highest BCUT2D eigenvalue weighted by Crippen LogP contribution is 2.30. The van der Waals surface area contributed by atoms with Gasteiger partial charge in [0.05, 0.1) is 0 Å². The van der Waals surface area contributed by atoms with Crippen LogP contribution in [0.25, 0.3) is 0 Å². The fourth-order valence-corrected chi connectivity index (χ4v) is 2.61. The lowest BCUT2D eigenvalue weighted by Gasteiger charge is -2.27. The molecule has 0 fully saturated rings. The number of hydrogen-bond acceptors (Lipinski definition) is 1. The summed E-state index contributed by atoms with van der Waals surface area (Å²) in [4.78, 5) is 0. The number of hydrogen-bond donors (Lipinski definition) is 1. The van der Waals surface area contributed by atoms with E-state index >= 15 is 0 Å². The van der Waals surface area contributed by atoms with Gasteiger partial charge in [-0.25, -0.2) is 0 Å². The molecule has 0 aromatic carbocycles. The monoisotopic (exact) mass is 195 g/mol. The van der Waals surface area contributed by atoms with E-state index in [9.17, 15) is 0 Å². The second-order valence-corrected chi connectivity index (χ2v) is 4.63. The third-order valence-electron chi connectivity index (χ3n) is 3.49. The molecule has 0 aromatic rings. The first-order chi connectivity index (χ1) is 6.79. The van der Waals surface area contributed by atoms with Gasteiger partial charge >= 0.3 is 0 Å². The Morgan fingerprint density at radius 2 is 2.21 bits per heavy atom. The molecular weight excluding hydrogens is 170 g/mol. The first-order valence-electron chi connectivity index (χ1n) is 6.18. The highest BCUT2D eigenvalue weighted by atomic mass is 14.6. The van der Waals surface area contributed by atoms with Crippen molar-refractivity contribution >= 4 is 0 Å². The van der Waals surface area contributed by atoms with E-state index < -0.39 is 0 Å². The summed E-state index contributed by atoms with van der Waals surface area (Å²) in [6.45, 7) is 5.46. The average molecular weight is 195 g/mol. The molecule has 1 aliphatic rings. The SMILES string of the molecule is CCCC(C)C(CN)C1=CCCCC1. The summed E-state index contributed by atoms with van der Waals surface area (Å²) in [6, 6.07) is 0. The first kappa shape index (κ1) is 11.8. The molecule has 2 atom stereocenters. The van der Waals surface area contributed by atoms with Gasteiger partial charge < -0.3 is 5.73 Å². The van der Waals surface area contributed by atoms with Crippen LogP contribution in [0.1, 0.15) is 52.4 Å². The van der Waals surface area contributed by atoms with Gasteiger partial charge in [-0.1, -0.05) is 38.3 Å². The Balaban J connectivity index is 2.55. The normalized spacial score (nSPS) is 21.5. The fraction of sp³-hybridized carbons (Fsp3) is 0.846. The van der Waals surface area contributed by atoms with E-state index in [-0.39, 0.29) is 0 Å². The molecule has 0 amide bonds. The van der Waals surface area contributed by atoms with E-state index in [1.165, 1.54) is 38.5 Å². The molecule has 0 bridgehead atoms. The summed E-state index contributed by atoms with van der Waals surface area (Å²) in [5.74, 6) is 1.43. The lowest BCUT2D eigenvalue weighted by Crippen LogP contribution is -2.24. The van der Waals surface area contributed by atoms with E-state index in [0.717, 1.165) is 12.5 Å². The van der Waals surface area contributed by atoms with Crippen LogP contribution in [0.5, 0.6) is 0 Å². The standard InChI is InChI=1S/C13H25N/c1-3-7-11(2)13(10-14)12-8-5-4-6-9-12/h8,11,13H,3-7,9-10,14H2,1-2H3. The predicted molar refractivity (Wildman–Crippen MR) is 63.2 cm³/mol. The van der Waals surface area contributed by atoms with Crippen LogP contribution in [-0.4, -0.2) is 6.54 Å². The van der Waals surface area contributed by atoms with Crippen LogP contribution in [0.3, 0.4) is 0 Å². The maximum atomic E-state index is 5.89. The van der Waals surface area contributed by atoms with Crippen LogP contribution >= 0.6 is 0 Å². The Labute approximate surface area is 88.8 Å². The zero-order valence-electron chi connectivity index (χ0n) is 9.76. The van der Waals surface area contributed by atoms with Crippen LogP contribution < -0.4 is 5.73 Å². The maximum absolute atomic E-state index is 5.89. The summed E-state index contributed by atoms with van der Waals surface area (Å²) in [6.07, 6.45) is 10.4. The van der Waals surface area contributed by atoms with Gasteiger partial charge in [-0.15, -0.1) is 0 Å². The molecule has 1 heteroatoms. The van der Waals surface area contributed by atoms with Gasteiger partial charge in [0, 0.05) is 0 Å². The van der Waals surface area contributed by atoms with E-state index in [4.69, 9.17) is 5.73 Å². The molecule has 2 N–H and O–H groups in total. The topological polar surface area (TPSA) is 26.0 Å². The molecule has 14 heavy (non-hydrogen) atoms. The summed E-state index contributed by atoms with van der Waals surface area (Å²) < 4.78 is 0. The minimum Gasteiger partial charge on any atom is -0.330 e. The molecule has 0 heterocycles. The third kappa shape index (κ3) is 3.13. The molecule has 1 aliphatic carbocycles. The van der Waals surface area contributed by atoms with Gasteiger partial charge in [0.1, 0.15) is 0 Å². The van der Waals surface area contributed by atoms with Gasteiger partial charge in [0.2, 0.25) is 0 Å². The van der Waals surface area contributed by atoms with Crippen molar-refractivity contribution in [1.82, 2.24) is 0 Å². The molecule has 0 aliphatic heterocycles. The minimum atomic E-state index is 0.662. The number of allylic oxidation sites excluding steroid dienone is 1. The molecule has 0 aromatic heterocycles. The fourth-order valence-electron chi connectivity index (χ4n) is 2.61. The predicted octanol–water partition coefficient (Wildman–Crippen LogP) is 3.50. The van der Waals surface area contributed by atoms with Crippen molar-refractivity contribution in [2.45, 2.75) is 52.4 Å². The first-order valence-corrected chi connectivity index (χ1v) is 6.18. The van der Waals surface area contributed by atoms with Crippen molar-refractivity contribution in [2.24, 2.45) is 17.6 Å². The highest BCUT2D eigenvalue weighted by Gasteiger charge is 2.20. The van der Waals surface area contributed by atoms with Gasteiger partial charge in [0.25, 0.3) is 0 Å². The Kier molecular flexibility index (Phi) is 5.24. The smallest absolute Gasteiger partial charge is 0.000893 e.